The maximum absolute atomic E-state index is 13.6. The number of carbonyl (C=O) groups excluding carboxylic acids is 1. The molecule has 194 valence electrons. The molecule has 2 aromatic heterocycles. The summed E-state index contributed by atoms with van der Waals surface area (Å²) in [4.78, 5) is 31.1. The molecule has 1 aromatic carbocycles. The van der Waals surface area contributed by atoms with Crippen LogP contribution < -0.4 is 20.5 Å². The van der Waals surface area contributed by atoms with Gasteiger partial charge in [-0.2, -0.15) is 0 Å². The van der Waals surface area contributed by atoms with Gasteiger partial charge in [-0.1, -0.05) is 6.92 Å². The molecule has 0 aliphatic carbocycles. The van der Waals surface area contributed by atoms with Gasteiger partial charge in [-0.25, -0.2) is 8.42 Å². The summed E-state index contributed by atoms with van der Waals surface area (Å²) in [5, 5.41) is 3.60. The monoisotopic (exact) mass is 515 g/mol. The summed E-state index contributed by atoms with van der Waals surface area (Å²) in [6.45, 7) is 6.46. The van der Waals surface area contributed by atoms with Gasteiger partial charge in [0.2, 0.25) is 0 Å². The number of hydrogen-bond donors (Lipinski definition) is 2. The molecular weight excluding hydrogens is 482 g/mol. The predicted octanol–water partition coefficient (Wildman–Crippen LogP) is 3.33. The van der Waals surface area contributed by atoms with E-state index in [0.717, 1.165) is 11.3 Å². The minimum absolute atomic E-state index is 0.00230. The SMILES string of the molecule is CCc1c(N(CC)C2CCS(=O)(=O)CC2)cc2occc2c1C(=O)NCc1c(OC)cc(C)[nH]c1=O. The molecule has 0 saturated carbocycles. The molecule has 36 heavy (non-hydrogen) atoms. The fraction of sp³-hybridized carbons (Fsp3) is 0.462. The van der Waals surface area contributed by atoms with Crippen molar-refractivity contribution in [3.63, 3.8) is 0 Å². The van der Waals surface area contributed by atoms with Crippen LogP contribution in [-0.2, 0) is 22.8 Å². The third kappa shape index (κ3) is 5.00. The van der Waals surface area contributed by atoms with E-state index in [9.17, 15) is 18.0 Å². The highest BCUT2D eigenvalue weighted by atomic mass is 32.2. The highest BCUT2D eigenvalue weighted by Gasteiger charge is 2.30. The Kier molecular flexibility index (Phi) is 7.44. The smallest absolute Gasteiger partial charge is 0.256 e. The normalized spacial score (nSPS) is 15.7. The second-order valence-corrected chi connectivity index (χ2v) is 11.4. The summed E-state index contributed by atoms with van der Waals surface area (Å²) in [5.74, 6) is 0.431. The van der Waals surface area contributed by atoms with Crippen LogP contribution in [0.15, 0.2) is 33.7 Å². The highest BCUT2D eigenvalue weighted by molar-refractivity contribution is 7.91. The Hall–Kier alpha value is -3.27. The largest absolute Gasteiger partial charge is 0.496 e. The van der Waals surface area contributed by atoms with Crippen LogP contribution in [0, 0.1) is 6.92 Å². The van der Waals surface area contributed by atoms with Crippen molar-refractivity contribution in [3.8, 4) is 5.75 Å². The minimum atomic E-state index is -3.00. The topological polar surface area (TPSA) is 122 Å². The Bertz CT molecular complexity index is 1430. The summed E-state index contributed by atoms with van der Waals surface area (Å²) in [6, 6.07) is 5.50. The van der Waals surface area contributed by atoms with Crippen LogP contribution in [0.4, 0.5) is 5.69 Å². The van der Waals surface area contributed by atoms with Crippen molar-refractivity contribution in [2.45, 2.75) is 52.6 Å². The van der Waals surface area contributed by atoms with Crippen LogP contribution in [0.1, 0.15) is 53.9 Å². The van der Waals surface area contributed by atoms with Crippen molar-refractivity contribution >= 4 is 32.4 Å². The molecule has 4 rings (SSSR count). The number of sulfone groups is 1. The Morgan fingerprint density at radius 1 is 1.22 bits per heavy atom. The first-order valence-electron chi connectivity index (χ1n) is 12.2. The fourth-order valence-electron chi connectivity index (χ4n) is 5.12. The van der Waals surface area contributed by atoms with E-state index >= 15 is 0 Å². The van der Waals surface area contributed by atoms with Gasteiger partial charge < -0.3 is 24.4 Å². The van der Waals surface area contributed by atoms with Gasteiger partial charge in [-0.05, 0) is 50.8 Å². The predicted molar refractivity (Wildman–Crippen MR) is 140 cm³/mol. The Morgan fingerprint density at radius 3 is 2.58 bits per heavy atom. The number of H-pyrrole nitrogens is 1. The number of furan rings is 1. The number of fused-ring (bicyclic) bond motifs is 1. The van der Waals surface area contributed by atoms with Gasteiger partial charge in [0.1, 0.15) is 21.2 Å². The van der Waals surface area contributed by atoms with Gasteiger partial charge >= 0.3 is 0 Å². The van der Waals surface area contributed by atoms with Crippen LogP contribution in [-0.4, -0.2) is 50.5 Å². The fourth-order valence-corrected chi connectivity index (χ4v) is 6.59. The van der Waals surface area contributed by atoms with Crippen molar-refractivity contribution in [3.05, 3.63) is 57.2 Å². The van der Waals surface area contributed by atoms with Crippen LogP contribution >= 0.6 is 0 Å². The number of nitrogens with zero attached hydrogens (tertiary/aromatic N) is 1. The number of carbonyl (C=O) groups is 1. The van der Waals surface area contributed by atoms with E-state index in [-0.39, 0.29) is 35.6 Å². The first-order valence-corrected chi connectivity index (χ1v) is 14.1. The van der Waals surface area contributed by atoms with E-state index in [4.69, 9.17) is 9.15 Å². The molecule has 1 aliphatic rings. The number of hydrogen-bond acceptors (Lipinski definition) is 7. The average molecular weight is 516 g/mol. The second kappa shape index (κ2) is 10.4. The molecule has 9 nitrogen and oxygen atoms in total. The second-order valence-electron chi connectivity index (χ2n) is 9.12. The van der Waals surface area contributed by atoms with Gasteiger partial charge in [0.15, 0.2) is 0 Å². The number of methoxy groups -OCH3 is 1. The number of benzene rings is 1. The van der Waals surface area contributed by atoms with E-state index in [2.05, 4.69) is 15.2 Å². The minimum Gasteiger partial charge on any atom is -0.496 e. The molecule has 3 heterocycles. The van der Waals surface area contributed by atoms with E-state index in [1.54, 1.807) is 25.3 Å². The number of pyridine rings is 1. The first-order chi connectivity index (χ1) is 17.2. The van der Waals surface area contributed by atoms with E-state index in [0.29, 0.717) is 59.3 Å². The maximum Gasteiger partial charge on any atom is 0.256 e. The van der Waals surface area contributed by atoms with Gasteiger partial charge in [-0.15, -0.1) is 0 Å². The zero-order valence-electron chi connectivity index (χ0n) is 21.1. The molecule has 0 bridgehead atoms. The molecule has 1 amide bonds. The summed E-state index contributed by atoms with van der Waals surface area (Å²) < 4.78 is 35.1. The molecule has 0 unspecified atom stereocenters. The first kappa shape index (κ1) is 25.8. The van der Waals surface area contributed by atoms with Crippen molar-refractivity contribution in [1.29, 1.82) is 0 Å². The van der Waals surface area contributed by atoms with Crippen molar-refractivity contribution < 1.29 is 22.4 Å². The standard InChI is InChI=1S/C26H33N3O6S/c1-5-18-21(29(6-2)17-8-11-36(32,33)12-9-17)14-23-19(7-10-35-23)24(18)26(31)27-15-20-22(34-4)13-16(3)28-25(20)30/h7,10,13-14,17H,5-6,8-9,11-12,15H2,1-4H3,(H,27,31)(H,28,30). The zero-order chi connectivity index (χ0) is 26.0. The molecule has 3 aromatic rings. The van der Waals surface area contributed by atoms with Crippen molar-refractivity contribution in [2.75, 3.05) is 30.1 Å². The van der Waals surface area contributed by atoms with Gasteiger partial charge in [-0.3, -0.25) is 9.59 Å². The summed E-state index contributed by atoms with van der Waals surface area (Å²) in [5.41, 5.74) is 3.53. The Morgan fingerprint density at radius 2 is 1.94 bits per heavy atom. The third-order valence-corrected chi connectivity index (χ3v) is 8.63. The molecule has 0 radical (unpaired) electrons. The number of amides is 1. The van der Waals surface area contributed by atoms with E-state index < -0.39 is 9.84 Å². The molecule has 0 spiro atoms. The number of anilines is 1. The lowest BCUT2D eigenvalue weighted by Gasteiger charge is -2.37. The van der Waals surface area contributed by atoms with Gasteiger partial charge in [0.05, 0.1) is 42.6 Å². The van der Waals surface area contributed by atoms with E-state index in [1.807, 2.05) is 19.9 Å². The lowest BCUT2D eigenvalue weighted by molar-refractivity contribution is 0.0951. The summed E-state index contributed by atoms with van der Waals surface area (Å²) in [7, 11) is -1.51. The van der Waals surface area contributed by atoms with Crippen molar-refractivity contribution in [1.82, 2.24) is 10.3 Å². The number of nitrogens with one attached hydrogen (secondary N) is 2. The molecule has 2 N–H and O–H groups in total. The third-order valence-electron chi connectivity index (χ3n) is 6.91. The van der Waals surface area contributed by atoms with Crippen LogP contribution in [0.2, 0.25) is 0 Å². The molecule has 0 atom stereocenters. The van der Waals surface area contributed by atoms with Gasteiger partial charge in [0, 0.05) is 35.4 Å². The lowest BCUT2D eigenvalue weighted by Crippen LogP contribution is -2.42. The van der Waals surface area contributed by atoms with Crippen LogP contribution in [0.5, 0.6) is 5.75 Å². The molecule has 1 fully saturated rings. The number of aromatic amines is 1. The van der Waals surface area contributed by atoms with Crippen LogP contribution in [0.3, 0.4) is 0 Å². The lowest BCUT2D eigenvalue weighted by atomic mass is 9.96. The van der Waals surface area contributed by atoms with Gasteiger partial charge in [0.25, 0.3) is 11.5 Å². The number of aryl methyl sites for hydroxylation is 1. The Labute approximate surface area is 210 Å². The summed E-state index contributed by atoms with van der Waals surface area (Å²) in [6.07, 6.45) is 3.25. The number of aromatic nitrogens is 1. The maximum atomic E-state index is 13.6. The Balaban J connectivity index is 1.72. The molecule has 1 saturated heterocycles. The number of rotatable bonds is 8. The van der Waals surface area contributed by atoms with Crippen LogP contribution in [0.25, 0.3) is 11.0 Å². The highest BCUT2D eigenvalue weighted by Crippen LogP contribution is 2.36. The molecule has 10 heteroatoms. The number of ether oxygens (including phenoxy) is 1. The zero-order valence-corrected chi connectivity index (χ0v) is 22.0. The van der Waals surface area contributed by atoms with Crippen molar-refractivity contribution in [2.24, 2.45) is 0 Å². The van der Waals surface area contributed by atoms with E-state index in [1.165, 1.54) is 7.11 Å². The summed E-state index contributed by atoms with van der Waals surface area (Å²) >= 11 is 0. The average Bonchev–Trinajstić information content (AvgIpc) is 3.31. The molecular formula is C26H33N3O6S. The molecule has 1 aliphatic heterocycles. The quantitative estimate of drug-likeness (QED) is 0.472.